The average Bonchev–Trinajstić information content (AvgIpc) is 3.37. The standard InChI is InChI=1S/C18H24N6O2S/c1-3-12-15(27-22-21-12)17(26)23-9-6-18(7-10-23)16-13(19-11-20-16)5-8-24(18)14(25)4-2/h11H,3-10H2,1-2H3,(H,19,20). The highest BCUT2D eigenvalue weighted by Gasteiger charge is 2.48. The summed E-state index contributed by atoms with van der Waals surface area (Å²) in [5, 5.41) is 4.06. The molecule has 0 aromatic carbocycles. The van der Waals surface area contributed by atoms with Gasteiger partial charge in [-0.3, -0.25) is 9.59 Å². The third-order valence-electron chi connectivity index (χ3n) is 5.83. The van der Waals surface area contributed by atoms with Gasteiger partial charge >= 0.3 is 0 Å². The number of fused-ring (bicyclic) bond motifs is 2. The van der Waals surface area contributed by atoms with Crippen LogP contribution in [0.2, 0.25) is 0 Å². The van der Waals surface area contributed by atoms with Crippen LogP contribution < -0.4 is 0 Å². The highest BCUT2D eigenvalue weighted by molar-refractivity contribution is 7.08. The van der Waals surface area contributed by atoms with Gasteiger partial charge in [0.25, 0.3) is 5.91 Å². The maximum absolute atomic E-state index is 12.9. The van der Waals surface area contributed by atoms with Gasteiger partial charge in [0.2, 0.25) is 5.91 Å². The lowest BCUT2D eigenvalue weighted by molar-refractivity contribution is -0.141. The summed E-state index contributed by atoms with van der Waals surface area (Å²) in [6.07, 6.45) is 5.12. The van der Waals surface area contributed by atoms with E-state index in [4.69, 9.17) is 0 Å². The molecule has 2 aromatic heterocycles. The third-order valence-corrected chi connectivity index (χ3v) is 6.58. The molecule has 0 bridgehead atoms. The molecule has 0 saturated carbocycles. The number of aromatic nitrogens is 4. The highest BCUT2D eigenvalue weighted by atomic mass is 32.1. The lowest BCUT2D eigenvalue weighted by atomic mass is 9.78. The summed E-state index contributed by atoms with van der Waals surface area (Å²) in [5.74, 6) is 0.159. The number of hydrogen-bond acceptors (Lipinski definition) is 6. The smallest absolute Gasteiger partial charge is 0.267 e. The van der Waals surface area contributed by atoms with E-state index in [1.165, 1.54) is 11.5 Å². The Kier molecular flexibility index (Phi) is 4.71. The molecule has 8 nitrogen and oxygen atoms in total. The minimum absolute atomic E-state index is 0.00290. The Balaban J connectivity index is 1.59. The second-order valence-electron chi connectivity index (χ2n) is 7.10. The monoisotopic (exact) mass is 388 g/mol. The maximum atomic E-state index is 12.9. The zero-order chi connectivity index (χ0) is 19.0. The predicted molar refractivity (Wildman–Crippen MR) is 100 cm³/mol. The Hall–Kier alpha value is -2.29. The number of likely N-dealkylation sites (tertiary alicyclic amines) is 1. The predicted octanol–water partition coefficient (Wildman–Crippen LogP) is 1.75. The van der Waals surface area contributed by atoms with Gasteiger partial charge in [-0.1, -0.05) is 18.3 Å². The molecule has 27 heavy (non-hydrogen) atoms. The van der Waals surface area contributed by atoms with Gasteiger partial charge in [0.1, 0.15) is 4.88 Å². The molecule has 144 valence electrons. The fourth-order valence-electron chi connectivity index (χ4n) is 4.36. The van der Waals surface area contributed by atoms with Crippen LogP contribution in [0.5, 0.6) is 0 Å². The van der Waals surface area contributed by atoms with Gasteiger partial charge in [0, 0.05) is 38.2 Å². The molecule has 0 aliphatic carbocycles. The van der Waals surface area contributed by atoms with E-state index in [1.54, 1.807) is 6.33 Å². The molecule has 1 fully saturated rings. The van der Waals surface area contributed by atoms with Crippen LogP contribution in [0, 0.1) is 0 Å². The van der Waals surface area contributed by atoms with Gasteiger partial charge in [-0.25, -0.2) is 4.98 Å². The van der Waals surface area contributed by atoms with E-state index in [1.807, 2.05) is 23.6 Å². The fourth-order valence-corrected chi connectivity index (χ4v) is 5.08. The van der Waals surface area contributed by atoms with Gasteiger partial charge in [-0.2, -0.15) is 0 Å². The van der Waals surface area contributed by atoms with E-state index in [-0.39, 0.29) is 11.8 Å². The quantitative estimate of drug-likeness (QED) is 0.864. The van der Waals surface area contributed by atoms with Gasteiger partial charge in [0.15, 0.2) is 0 Å². The normalized spacial score (nSPS) is 18.6. The number of aryl methyl sites for hydroxylation is 1. The van der Waals surface area contributed by atoms with Crippen LogP contribution in [-0.2, 0) is 23.2 Å². The maximum Gasteiger partial charge on any atom is 0.267 e. The number of carbonyl (C=O) groups excluding carboxylic acids is 2. The Morgan fingerprint density at radius 3 is 2.74 bits per heavy atom. The van der Waals surface area contributed by atoms with Crippen molar-refractivity contribution in [2.75, 3.05) is 19.6 Å². The largest absolute Gasteiger partial charge is 0.348 e. The fraction of sp³-hybridized carbons (Fsp3) is 0.611. The van der Waals surface area contributed by atoms with Crippen molar-refractivity contribution >= 4 is 23.3 Å². The topological polar surface area (TPSA) is 95.1 Å². The Bertz CT molecular complexity index is 852. The van der Waals surface area contributed by atoms with Crippen molar-refractivity contribution in [3.05, 3.63) is 28.3 Å². The van der Waals surface area contributed by atoms with Crippen LogP contribution >= 0.6 is 11.5 Å². The second kappa shape index (κ2) is 7.03. The first-order chi connectivity index (χ1) is 13.1. The van der Waals surface area contributed by atoms with Crippen LogP contribution in [0.4, 0.5) is 0 Å². The number of amides is 2. The summed E-state index contributed by atoms with van der Waals surface area (Å²) in [7, 11) is 0. The van der Waals surface area contributed by atoms with Gasteiger partial charge in [-0.15, -0.1) is 5.10 Å². The Morgan fingerprint density at radius 2 is 2.04 bits per heavy atom. The number of hydrogen-bond donors (Lipinski definition) is 1. The molecule has 1 spiro atoms. The zero-order valence-electron chi connectivity index (χ0n) is 15.7. The van der Waals surface area contributed by atoms with E-state index in [0.717, 1.165) is 23.5 Å². The average molecular weight is 388 g/mol. The summed E-state index contributed by atoms with van der Waals surface area (Å²) < 4.78 is 3.94. The Labute approximate surface area is 162 Å². The molecule has 1 N–H and O–H groups in total. The van der Waals surface area contributed by atoms with Gasteiger partial charge in [-0.05, 0) is 30.8 Å². The van der Waals surface area contributed by atoms with Crippen molar-refractivity contribution in [1.29, 1.82) is 0 Å². The molecule has 2 aliphatic heterocycles. The summed E-state index contributed by atoms with van der Waals surface area (Å²) in [4.78, 5) is 37.9. The number of piperidine rings is 1. The number of H-pyrrole nitrogens is 1. The van der Waals surface area contributed by atoms with Crippen molar-refractivity contribution in [3.63, 3.8) is 0 Å². The van der Waals surface area contributed by atoms with Crippen LogP contribution in [0.25, 0.3) is 0 Å². The number of imidazole rings is 1. The molecule has 2 aromatic rings. The molecule has 0 unspecified atom stereocenters. The minimum atomic E-state index is -0.406. The van der Waals surface area contributed by atoms with E-state index >= 15 is 0 Å². The van der Waals surface area contributed by atoms with Crippen molar-refractivity contribution < 1.29 is 9.59 Å². The summed E-state index contributed by atoms with van der Waals surface area (Å²) in [6, 6.07) is 0. The third kappa shape index (κ3) is 2.84. The lowest BCUT2D eigenvalue weighted by Crippen LogP contribution is -2.58. The summed E-state index contributed by atoms with van der Waals surface area (Å²) in [5.41, 5.74) is 2.46. The van der Waals surface area contributed by atoms with E-state index < -0.39 is 5.54 Å². The molecule has 4 rings (SSSR count). The molecule has 0 radical (unpaired) electrons. The van der Waals surface area contributed by atoms with Crippen molar-refractivity contribution in [1.82, 2.24) is 29.4 Å². The number of rotatable bonds is 3. The molecular weight excluding hydrogens is 364 g/mol. The van der Waals surface area contributed by atoms with Crippen LogP contribution in [-0.4, -0.2) is 60.8 Å². The van der Waals surface area contributed by atoms with Crippen molar-refractivity contribution in [2.45, 2.75) is 51.5 Å². The molecule has 9 heteroatoms. The minimum Gasteiger partial charge on any atom is -0.348 e. The molecule has 0 atom stereocenters. The molecular formula is C18H24N6O2S. The number of carbonyl (C=O) groups is 2. The zero-order valence-corrected chi connectivity index (χ0v) is 16.5. The lowest BCUT2D eigenvalue weighted by Gasteiger charge is -2.50. The number of nitrogens with zero attached hydrogens (tertiary/aromatic N) is 5. The Morgan fingerprint density at radius 1 is 1.26 bits per heavy atom. The molecule has 4 heterocycles. The molecule has 2 amide bonds. The van der Waals surface area contributed by atoms with Crippen molar-refractivity contribution in [3.8, 4) is 0 Å². The first kappa shape index (κ1) is 18.1. The van der Waals surface area contributed by atoms with E-state index in [0.29, 0.717) is 50.2 Å². The first-order valence-electron chi connectivity index (χ1n) is 9.54. The van der Waals surface area contributed by atoms with Crippen LogP contribution in [0.3, 0.4) is 0 Å². The van der Waals surface area contributed by atoms with Gasteiger partial charge < -0.3 is 14.8 Å². The number of aromatic amines is 1. The van der Waals surface area contributed by atoms with E-state index in [2.05, 4.69) is 19.6 Å². The van der Waals surface area contributed by atoms with Gasteiger partial charge in [0.05, 0.1) is 23.3 Å². The first-order valence-corrected chi connectivity index (χ1v) is 10.3. The highest BCUT2D eigenvalue weighted by Crippen LogP contribution is 2.42. The molecule has 2 aliphatic rings. The SMILES string of the molecule is CCC(=O)N1CCc2[nH]cnc2C12CCN(C(=O)c1snnc1CC)CC2. The summed E-state index contributed by atoms with van der Waals surface area (Å²) in [6.45, 7) is 5.78. The van der Waals surface area contributed by atoms with Crippen LogP contribution in [0.15, 0.2) is 6.33 Å². The van der Waals surface area contributed by atoms with Crippen molar-refractivity contribution in [2.24, 2.45) is 0 Å². The molecule has 1 saturated heterocycles. The summed E-state index contributed by atoms with van der Waals surface area (Å²) >= 11 is 1.17. The second-order valence-corrected chi connectivity index (χ2v) is 7.86. The van der Waals surface area contributed by atoms with E-state index in [9.17, 15) is 9.59 Å². The number of nitrogens with one attached hydrogen (secondary N) is 1. The van der Waals surface area contributed by atoms with Crippen LogP contribution in [0.1, 0.15) is 59.9 Å².